The number of nitrogens with two attached hydrogens (primary N) is 1. The molecule has 2 nitrogen and oxygen atoms in total. The second-order valence-corrected chi connectivity index (χ2v) is 20.6. The second kappa shape index (κ2) is 10.4. The maximum atomic E-state index is 6.32. The van der Waals surface area contributed by atoms with Crippen LogP contribution in [0.25, 0.3) is 0 Å². The zero-order chi connectivity index (χ0) is 14.8. The van der Waals surface area contributed by atoms with Gasteiger partial charge in [-0.05, 0) is 0 Å². The number of hydrogen-bond donors (Lipinski definition) is 1. The maximum absolute atomic E-state index is 6.32. The summed E-state index contributed by atoms with van der Waals surface area (Å²) in [5.41, 5.74) is 6.05. The number of unbranched alkanes of at least 4 members (excludes halogenated alkanes) is 3. The Bertz CT molecular complexity index is 225. The van der Waals surface area contributed by atoms with Crippen molar-refractivity contribution < 1.29 is 4.74 Å². The van der Waals surface area contributed by atoms with E-state index in [1.807, 2.05) is 0 Å². The fraction of sp³-hybridized carbons (Fsp3) is 1.00. The van der Waals surface area contributed by atoms with Gasteiger partial charge in [0.1, 0.15) is 0 Å². The molecule has 0 radical (unpaired) electrons. The van der Waals surface area contributed by atoms with Crippen molar-refractivity contribution in [1.29, 1.82) is 0 Å². The molecule has 20 heavy (non-hydrogen) atoms. The van der Waals surface area contributed by atoms with E-state index in [-0.39, 0.29) is 0 Å². The van der Waals surface area contributed by atoms with Crippen molar-refractivity contribution in [1.82, 2.24) is 0 Å². The second-order valence-electron chi connectivity index (χ2n) is 6.90. The third kappa shape index (κ3) is 6.23. The zero-order valence-corrected chi connectivity index (χ0v) is 17.0. The molecule has 0 aliphatic heterocycles. The van der Waals surface area contributed by atoms with Gasteiger partial charge >= 0.3 is 131 Å². The van der Waals surface area contributed by atoms with Crippen LogP contribution in [0.3, 0.4) is 0 Å². The molecule has 1 aliphatic carbocycles. The fourth-order valence-corrected chi connectivity index (χ4v) is 17.7. The minimum absolute atomic E-state index is 0.336. The molecule has 0 saturated heterocycles. The summed E-state index contributed by atoms with van der Waals surface area (Å²) in [6.07, 6.45) is 11.1. The van der Waals surface area contributed by atoms with Crippen LogP contribution in [-0.2, 0) is 4.74 Å². The summed E-state index contributed by atoms with van der Waals surface area (Å²) in [5, 5.41) is 0. The summed E-state index contributed by atoms with van der Waals surface area (Å²) < 4.78 is 12.1. The molecule has 1 fully saturated rings. The van der Waals surface area contributed by atoms with E-state index in [9.17, 15) is 0 Å². The van der Waals surface area contributed by atoms with Gasteiger partial charge in [-0.25, -0.2) is 0 Å². The molecular formula is C17H37NOSn. The van der Waals surface area contributed by atoms with Crippen molar-refractivity contribution >= 4 is 18.4 Å². The summed E-state index contributed by atoms with van der Waals surface area (Å²) in [6.45, 7) is 7.00. The fourth-order valence-electron chi connectivity index (χ4n) is 3.23. The molecule has 1 saturated carbocycles. The van der Waals surface area contributed by atoms with Crippen LogP contribution in [0.1, 0.15) is 72.1 Å². The molecule has 1 rings (SSSR count). The standard InChI is InChI=1S/C5H10NO.3C4H9.Sn/c1-7-5-3-2-4(5)6;3*1-3-4-2;/h4-5H,1-3,6H2;3*1,3-4H2,2H3;/t4-,5-;;;;/m1..../s1. The zero-order valence-electron chi connectivity index (χ0n) is 14.1. The van der Waals surface area contributed by atoms with Crippen molar-refractivity contribution in [3.8, 4) is 0 Å². The van der Waals surface area contributed by atoms with Crippen LogP contribution in [0.5, 0.6) is 0 Å². The molecule has 3 heteroatoms. The SMILES string of the molecule is CCC[CH2][Sn]([CH2]CCC)([CH2]CCC)[CH2]O[C@@H]1CC[C@H]1N. The van der Waals surface area contributed by atoms with E-state index in [1.165, 1.54) is 51.4 Å². The Morgan fingerprint density at radius 3 is 1.70 bits per heavy atom. The van der Waals surface area contributed by atoms with E-state index in [1.54, 1.807) is 13.3 Å². The molecule has 1 aliphatic rings. The molecule has 0 amide bonds. The molecule has 2 atom stereocenters. The Hall–Kier alpha value is 0.719. The van der Waals surface area contributed by atoms with Gasteiger partial charge in [0.25, 0.3) is 0 Å². The van der Waals surface area contributed by atoms with E-state index in [0.29, 0.717) is 12.1 Å². The molecule has 0 heterocycles. The van der Waals surface area contributed by atoms with Crippen LogP contribution < -0.4 is 5.73 Å². The molecule has 0 spiro atoms. The van der Waals surface area contributed by atoms with Gasteiger partial charge in [-0.1, -0.05) is 0 Å². The summed E-state index contributed by atoms with van der Waals surface area (Å²) in [7, 11) is 0. The summed E-state index contributed by atoms with van der Waals surface area (Å²) >= 11 is -2.05. The molecule has 0 unspecified atom stereocenters. The Kier molecular flexibility index (Phi) is 9.80. The predicted molar refractivity (Wildman–Crippen MR) is 91.8 cm³/mol. The van der Waals surface area contributed by atoms with Crippen molar-refractivity contribution in [2.75, 3.05) is 4.62 Å². The third-order valence-corrected chi connectivity index (χ3v) is 19.4. The van der Waals surface area contributed by atoms with Gasteiger partial charge in [-0.15, -0.1) is 0 Å². The van der Waals surface area contributed by atoms with Gasteiger partial charge in [-0.2, -0.15) is 0 Å². The summed E-state index contributed by atoms with van der Waals surface area (Å²) in [6, 6.07) is 0.336. The van der Waals surface area contributed by atoms with Gasteiger partial charge in [0, 0.05) is 0 Å². The van der Waals surface area contributed by atoms with Crippen molar-refractivity contribution in [2.45, 2.75) is 97.6 Å². The first-order valence-electron chi connectivity index (χ1n) is 9.04. The summed E-state index contributed by atoms with van der Waals surface area (Å²) in [4.78, 5) is 0. The number of ether oxygens (including phenoxy) is 1. The van der Waals surface area contributed by atoms with E-state index in [2.05, 4.69) is 20.8 Å². The van der Waals surface area contributed by atoms with Gasteiger partial charge in [0.05, 0.1) is 0 Å². The van der Waals surface area contributed by atoms with Crippen LogP contribution in [-0.4, -0.2) is 35.1 Å². The van der Waals surface area contributed by atoms with Crippen molar-refractivity contribution in [3.63, 3.8) is 0 Å². The minimum atomic E-state index is -2.05. The van der Waals surface area contributed by atoms with Gasteiger partial charge in [0.2, 0.25) is 0 Å². The van der Waals surface area contributed by atoms with E-state index in [4.69, 9.17) is 10.5 Å². The molecular weight excluding hydrogens is 353 g/mol. The average molecular weight is 390 g/mol. The molecule has 0 aromatic heterocycles. The number of hydrogen-bond acceptors (Lipinski definition) is 2. The Morgan fingerprint density at radius 1 is 0.900 bits per heavy atom. The van der Waals surface area contributed by atoms with Crippen molar-refractivity contribution in [2.24, 2.45) is 5.73 Å². The van der Waals surface area contributed by atoms with Crippen LogP contribution in [0.2, 0.25) is 13.3 Å². The molecule has 0 aromatic rings. The van der Waals surface area contributed by atoms with E-state index < -0.39 is 18.4 Å². The molecule has 120 valence electrons. The monoisotopic (exact) mass is 391 g/mol. The first kappa shape index (κ1) is 18.8. The predicted octanol–water partition coefficient (Wildman–Crippen LogP) is 4.88. The Labute approximate surface area is 131 Å². The third-order valence-electron chi connectivity index (χ3n) is 5.05. The van der Waals surface area contributed by atoms with Crippen LogP contribution >= 0.6 is 0 Å². The summed E-state index contributed by atoms with van der Waals surface area (Å²) in [5.74, 6) is 0. The normalized spacial score (nSPS) is 22.8. The Morgan fingerprint density at radius 2 is 1.40 bits per heavy atom. The topological polar surface area (TPSA) is 35.2 Å². The van der Waals surface area contributed by atoms with Crippen molar-refractivity contribution in [3.05, 3.63) is 0 Å². The van der Waals surface area contributed by atoms with Crippen LogP contribution in [0, 0.1) is 0 Å². The number of rotatable bonds is 12. The van der Waals surface area contributed by atoms with E-state index >= 15 is 0 Å². The van der Waals surface area contributed by atoms with Crippen LogP contribution in [0.4, 0.5) is 0 Å². The van der Waals surface area contributed by atoms with Gasteiger partial charge in [0.15, 0.2) is 0 Å². The molecule has 0 aromatic carbocycles. The first-order chi connectivity index (χ1) is 9.67. The van der Waals surface area contributed by atoms with Gasteiger partial charge < -0.3 is 0 Å². The van der Waals surface area contributed by atoms with E-state index in [0.717, 1.165) is 4.62 Å². The van der Waals surface area contributed by atoms with Crippen LogP contribution in [0.15, 0.2) is 0 Å². The van der Waals surface area contributed by atoms with Gasteiger partial charge in [-0.3, -0.25) is 0 Å². The molecule has 2 N–H and O–H groups in total. The quantitative estimate of drug-likeness (QED) is 0.482. The molecule has 0 bridgehead atoms. The Balaban J connectivity index is 2.55. The first-order valence-corrected chi connectivity index (χ1v) is 17.1. The average Bonchev–Trinajstić information content (AvgIpc) is 2.46.